The monoisotopic (exact) mass is 343 g/mol. The Kier molecular flexibility index (Phi) is 4.57. The predicted molar refractivity (Wildman–Crippen MR) is 100.0 cm³/mol. The van der Waals surface area contributed by atoms with Crippen molar-refractivity contribution in [2.45, 2.75) is 20.8 Å². The topological polar surface area (TPSA) is 68.5 Å². The van der Waals surface area contributed by atoms with E-state index in [4.69, 9.17) is 10.5 Å². The lowest BCUT2D eigenvalue weighted by Crippen LogP contribution is -2.30. The molecule has 0 aliphatic heterocycles. The van der Waals surface area contributed by atoms with Gasteiger partial charge in [-0.3, -0.25) is 4.79 Å². The van der Waals surface area contributed by atoms with E-state index >= 15 is 0 Å². The molecule has 0 saturated heterocycles. The summed E-state index contributed by atoms with van der Waals surface area (Å²) in [6.45, 7) is 7.82. The third kappa shape index (κ3) is 2.78. The first-order chi connectivity index (χ1) is 11.6. The highest BCUT2D eigenvalue weighted by Crippen LogP contribution is 2.35. The Morgan fingerprint density at radius 3 is 2.67 bits per heavy atom. The van der Waals surface area contributed by atoms with Gasteiger partial charge in [-0.25, -0.2) is 4.98 Å². The molecule has 0 aliphatic carbocycles. The van der Waals surface area contributed by atoms with Crippen LogP contribution in [-0.4, -0.2) is 35.5 Å². The first-order valence-corrected chi connectivity index (χ1v) is 8.95. The van der Waals surface area contributed by atoms with E-state index in [0.717, 1.165) is 26.9 Å². The van der Waals surface area contributed by atoms with Crippen LogP contribution >= 0.6 is 11.3 Å². The van der Waals surface area contributed by atoms with Gasteiger partial charge >= 0.3 is 0 Å². The summed E-state index contributed by atoms with van der Waals surface area (Å²) < 4.78 is 5.53. The van der Waals surface area contributed by atoms with Crippen molar-refractivity contribution in [1.29, 1.82) is 0 Å². The standard InChI is InChI=1S/C18H21N3O2S/c1-4-21(5-2)18(22)16-15(19)13-9-11-7-8-12(23-6-3)10-14(11)20-17(13)24-16/h7-10H,4-6,19H2,1-3H3. The van der Waals surface area contributed by atoms with E-state index in [1.165, 1.54) is 11.3 Å². The highest BCUT2D eigenvalue weighted by Gasteiger charge is 2.21. The maximum absolute atomic E-state index is 12.6. The second kappa shape index (κ2) is 6.65. The molecule has 6 heteroatoms. The second-order valence-electron chi connectivity index (χ2n) is 5.45. The minimum Gasteiger partial charge on any atom is -0.494 e. The Morgan fingerprint density at radius 1 is 1.25 bits per heavy atom. The Morgan fingerprint density at radius 2 is 2.00 bits per heavy atom. The Bertz CT molecular complexity index is 900. The summed E-state index contributed by atoms with van der Waals surface area (Å²) in [6, 6.07) is 7.80. The largest absolute Gasteiger partial charge is 0.494 e. The lowest BCUT2D eigenvalue weighted by molar-refractivity contribution is 0.0779. The fourth-order valence-electron chi connectivity index (χ4n) is 2.74. The number of pyridine rings is 1. The van der Waals surface area contributed by atoms with Crippen LogP contribution < -0.4 is 10.5 Å². The van der Waals surface area contributed by atoms with E-state index < -0.39 is 0 Å². The number of thiophene rings is 1. The van der Waals surface area contributed by atoms with Gasteiger partial charge in [0, 0.05) is 29.9 Å². The smallest absolute Gasteiger partial charge is 0.266 e. The molecule has 0 fully saturated rings. The van der Waals surface area contributed by atoms with Crippen molar-refractivity contribution in [2.24, 2.45) is 0 Å². The number of nitrogens with zero attached hydrogens (tertiary/aromatic N) is 2. The molecule has 1 aromatic carbocycles. The Labute approximate surface area is 145 Å². The van der Waals surface area contributed by atoms with Gasteiger partial charge in [0.05, 0.1) is 17.8 Å². The summed E-state index contributed by atoms with van der Waals surface area (Å²) in [7, 11) is 0. The van der Waals surface area contributed by atoms with Crippen LogP contribution in [0.2, 0.25) is 0 Å². The molecule has 5 nitrogen and oxygen atoms in total. The van der Waals surface area contributed by atoms with E-state index in [9.17, 15) is 4.79 Å². The number of aromatic nitrogens is 1. The summed E-state index contributed by atoms with van der Waals surface area (Å²) in [5.41, 5.74) is 7.62. The van der Waals surface area contributed by atoms with Gasteiger partial charge in [-0.2, -0.15) is 0 Å². The number of amides is 1. The van der Waals surface area contributed by atoms with Gasteiger partial charge in [0.15, 0.2) is 0 Å². The number of benzene rings is 1. The van der Waals surface area contributed by atoms with Gasteiger partial charge in [-0.15, -0.1) is 11.3 Å². The van der Waals surface area contributed by atoms with Crippen LogP contribution in [0.1, 0.15) is 30.4 Å². The van der Waals surface area contributed by atoms with Crippen LogP contribution in [0.5, 0.6) is 5.75 Å². The van der Waals surface area contributed by atoms with Crippen LogP contribution in [0.3, 0.4) is 0 Å². The molecule has 0 aliphatic rings. The molecule has 0 atom stereocenters. The number of nitrogens with two attached hydrogens (primary N) is 1. The normalized spacial score (nSPS) is 11.1. The summed E-state index contributed by atoms with van der Waals surface area (Å²) in [5, 5.41) is 1.82. The molecule has 0 spiro atoms. The molecule has 3 aromatic rings. The van der Waals surface area contributed by atoms with Gasteiger partial charge in [-0.05, 0) is 39.0 Å². The van der Waals surface area contributed by atoms with Crippen LogP contribution in [0.25, 0.3) is 21.1 Å². The predicted octanol–water partition coefficient (Wildman–Crippen LogP) is 3.91. The third-order valence-corrected chi connectivity index (χ3v) is 5.15. The van der Waals surface area contributed by atoms with E-state index in [1.807, 2.05) is 45.0 Å². The van der Waals surface area contributed by atoms with Crippen LogP contribution in [0, 0.1) is 0 Å². The van der Waals surface area contributed by atoms with E-state index in [2.05, 4.69) is 4.98 Å². The molecule has 2 heterocycles. The summed E-state index contributed by atoms with van der Waals surface area (Å²) in [5.74, 6) is 0.764. The average Bonchev–Trinajstić information content (AvgIpc) is 2.90. The van der Waals surface area contributed by atoms with Gasteiger partial charge < -0.3 is 15.4 Å². The van der Waals surface area contributed by atoms with Crippen LogP contribution in [0.15, 0.2) is 24.3 Å². The van der Waals surface area contributed by atoms with Crippen molar-refractivity contribution in [2.75, 3.05) is 25.4 Å². The van der Waals surface area contributed by atoms with Crippen LogP contribution in [0.4, 0.5) is 5.69 Å². The highest BCUT2D eigenvalue weighted by molar-refractivity contribution is 7.21. The zero-order chi connectivity index (χ0) is 17.3. The number of hydrogen-bond donors (Lipinski definition) is 1. The number of anilines is 1. The zero-order valence-electron chi connectivity index (χ0n) is 14.1. The highest BCUT2D eigenvalue weighted by atomic mass is 32.1. The molecular formula is C18H21N3O2S. The molecule has 0 bridgehead atoms. The molecule has 2 N–H and O–H groups in total. The number of carbonyl (C=O) groups excluding carboxylic acids is 1. The molecule has 2 aromatic heterocycles. The fourth-order valence-corrected chi connectivity index (χ4v) is 3.80. The molecule has 0 radical (unpaired) electrons. The first kappa shape index (κ1) is 16.5. The maximum atomic E-state index is 12.6. The molecule has 0 unspecified atom stereocenters. The second-order valence-corrected chi connectivity index (χ2v) is 6.45. The Hall–Kier alpha value is -2.34. The average molecular weight is 343 g/mol. The van der Waals surface area contributed by atoms with E-state index in [0.29, 0.717) is 30.3 Å². The quantitative estimate of drug-likeness (QED) is 0.762. The molecular weight excluding hydrogens is 322 g/mol. The van der Waals surface area contributed by atoms with E-state index in [1.54, 1.807) is 4.90 Å². The van der Waals surface area contributed by atoms with Crippen molar-refractivity contribution in [3.05, 3.63) is 29.1 Å². The van der Waals surface area contributed by atoms with Crippen LogP contribution in [-0.2, 0) is 0 Å². The lowest BCUT2D eigenvalue weighted by atomic mass is 10.1. The number of rotatable bonds is 5. The summed E-state index contributed by atoms with van der Waals surface area (Å²) >= 11 is 1.36. The molecule has 0 saturated carbocycles. The lowest BCUT2D eigenvalue weighted by Gasteiger charge is -2.17. The van der Waals surface area contributed by atoms with Crippen molar-refractivity contribution < 1.29 is 9.53 Å². The SMILES string of the molecule is CCOc1ccc2cc3c(N)c(C(=O)N(CC)CC)sc3nc2c1. The molecule has 126 valence electrons. The van der Waals surface area contributed by atoms with Crippen molar-refractivity contribution in [3.8, 4) is 5.75 Å². The van der Waals surface area contributed by atoms with Gasteiger partial charge in [0.1, 0.15) is 15.5 Å². The minimum atomic E-state index is -0.0282. The summed E-state index contributed by atoms with van der Waals surface area (Å²) in [6.07, 6.45) is 0. The fraction of sp³-hybridized carbons (Fsp3) is 0.333. The molecule has 1 amide bonds. The first-order valence-electron chi connectivity index (χ1n) is 8.13. The molecule has 24 heavy (non-hydrogen) atoms. The number of carbonyl (C=O) groups is 1. The van der Waals surface area contributed by atoms with Crippen molar-refractivity contribution >= 4 is 44.1 Å². The van der Waals surface area contributed by atoms with Crippen molar-refractivity contribution in [3.63, 3.8) is 0 Å². The number of fused-ring (bicyclic) bond motifs is 2. The number of nitrogen functional groups attached to an aromatic ring is 1. The van der Waals surface area contributed by atoms with E-state index in [-0.39, 0.29) is 5.91 Å². The van der Waals surface area contributed by atoms with Gasteiger partial charge in [0.25, 0.3) is 5.91 Å². The Balaban J connectivity index is 2.13. The van der Waals surface area contributed by atoms with Gasteiger partial charge in [-0.1, -0.05) is 0 Å². The maximum Gasteiger partial charge on any atom is 0.266 e. The van der Waals surface area contributed by atoms with Gasteiger partial charge in [0.2, 0.25) is 0 Å². The van der Waals surface area contributed by atoms with Crippen molar-refractivity contribution in [1.82, 2.24) is 9.88 Å². The third-order valence-electron chi connectivity index (χ3n) is 4.04. The number of ether oxygens (including phenoxy) is 1. The summed E-state index contributed by atoms with van der Waals surface area (Å²) in [4.78, 5) is 20.4. The number of hydrogen-bond acceptors (Lipinski definition) is 5. The zero-order valence-corrected chi connectivity index (χ0v) is 14.9. The molecule has 3 rings (SSSR count). The minimum absolute atomic E-state index is 0.0282.